The summed E-state index contributed by atoms with van der Waals surface area (Å²) in [7, 11) is 1.79. The Hall–Kier alpha value is -1.78. The molecule has 100 valence electrons. The Balaban J connectivity index is 2.49. The molecule has 0 aliphatic heterocycles. The van der Waals surface area contributed by atoms with Gasteiger partial charge in [-0.25, -0.2) is 4.98 Å². The zero-order chi connectivity index (χ0) is 13.4. The third-order valence-corrected chi connectivity index (χ3v) is 2.63. The third-order valence-electron chi connectivity index (χ3n) is 2.63. The standard InChI is InChI=1S/C13H22N4O/c1-4-9-14-11-7-6-8-12(16-11)15-10-13(18)17(3)5-2/h6-8H,4-5,9-10H2,1-3H3,(H2,14,15,16). The molecule has 0 saturated heterocycles. The fraction of sp³-hybridized carbons (Fsp3) is 0.538. The van der Waals surface area contributed by atoms with Gasteiger partial charge in [0.05, 0.1) is 6.54 Å². The first-order valence-electron chi connectivity index (χ1n) is 6.36. The molecule has 5 heteroatoms. The normalized spacial score (nSPS) is 9.94. The monoisotopic (exact) mass is 250 g/mol. The zero-order valence-corrected chi connectivity index (χ0v) is 11.4. The lowest BCUT2D eigenvalue weighted by atomic mass is 10.4. The number of amides is 1. The molecule has 0 fully saturated rings. The van der Waals surface area contributed by atoms with Crippen LogP contribution in [-0.2, 0) is 4.79 Å². The predicted octanol–water partition coefficient (Wildman–Crippen LogP) is 1.79. The van der Waals surface area contributed by atoms with Crippen LogP contribution in [0.3, 0.4) is 0 Å². The highest BCUT2D eigenvalue weighted by Crippen LogP contribution is 2.08. The lowest BCUT2D eigenvalue weighted by Crippen LogP contribution is -2.32. The van der Waals surface area contributed by atoms with Crippen LogP contribution < -0.4 is 10.6 Å². The minimum absolute atomic E-state index is 0.0613. The van der Waals surface area contributed by atoms with Gasteiger partial charge in [-0.1, -0.05) is 13.0 Å². The maximum atomic E-state index is 11.6. The molecule has 5 nitrogen and oxygen atoms in total. The smallest absolute Gasteiger partial charge is 0.241 e. The summed E-state index contributed by atoms with van der Waals surface area (Å²) in [6, 6.07) is 5.69. The van der Waals surface area contributed by atoms with E-state index in [4.69, 9.17) is 0 Å². The number of rotatable bonds is 7. The SMILES string of the molecule is CCCNc1cccc(NCC(=O)N(C)CC)n1. The lowest BCUT2D eigenvalue weighted by molar-refractivity contribution is -0.127. The largest absolute Gasteiger partial charge is 0.370 e. The molecule has 0 bridgehead atoms. The van der Waals surface area contributed by atoms with Gasteiger partial charge in [0.2, 0.25) is 5.91 Å². The molecule has 0 atom stereocenters. The number of carbonyl (C=O) groups excluding carboxylic acids is 1. The quantitative estimate of drug-likeness (QED) is 0.774. The van der Waals surface area contributed by atoms with E-state index in [0.717, 1.165) is 18.8 Å². The van der Waals surface area contributed by atoms with E-state index in [1.807, 2.05) is 25.1 Å². The van der Waals surface area contributed by atoms with E-state index in [9.17, 15) is 4.79 Å². The number of nitrogens with one attached hydrogen (secondary N) is 2. The lowest BCUT2D eigenvalue weighted by Gasteiger charge is -2.15. The van der Waals surface area contributed by atoms with Crippen LogP contribution in [0.1, 0.15) is 20.3 Å². The Bertz CT molecular complexity index is 381. The van der Waals surface area contributed by atoms with Crippen molar-refractivity contribution in [1.82, 2.24) is 9.88 Å². The molecule has 0 aromatic carbocycles. The van der Waals surface area contributed by atoms with Crippen LogP contribution in [-0.4, -0.2) is 42.5 Å². The second-order valence-corrected chi connectivity index (χ2v) is 4.10. The Kier molecular flexibility index (Phi) is 5.97. The maximum Gasteiger partial charge on any atom is 0.241 e. The van der Waals surface area contributed by atoms with E-state index in [1.54, 1.807) is 11.9 Å². The van der Waals surface area contributed by atoms with Crippen LogP contribution in [0, 0.1) is 0 Å². The summed E-state index contributed by atoms with van der Waals surface area (Å²) in [5.74, 6) is 1.61. The van der Waals surface area contributed by atoms with Gasteiger partial charge in [0.15, 0.2) is 0 Å². The second kappa shape index (κ2) is 7.53. The maximum absolute atomic E-state index is 11.6. The summed E-state index contributed by atoms with van der Waals surface area (Å²) in [5, 5.41) is 6.24. The van der Waals surface area contributed by atoms with Gasteiger partial charge in [-0.05, 0) is 25.5 Å². The number of nitrogens with zero attached hydrogens (tertiary/aromatic N) is 2. The molecule has 0 radical (unpaired) electrons. The van der Waals surface area contributed by atoms with E-state index >= 15 is 0 Å². The zero-order valence-electron chi connectivity index (χ0n) is 11.4. The fourth-order valence-electron chi connectivity index (χ4n) is 1.36. The molecule has 1 heterocycles. The number of likely N-dealkylation sites (N-methyl/N-ethyl adjacent to an activating group) is 1. The first-order valence-corrected chi connectivity index (χ1v) is 6.36. The van der Waals surface area contributed by atoms with Gasteiger partial charge in [-0.3, -0.25) is 4.79 Å². The van der Waals surface area contributed by atoms with Crippen molar-refractivity contribution in [3.63, 3.8) is 0 Å². The van der Waals surface area contributed by atoms with E-state index < -0.39 is 0 Å². The van der Waals surface area contributed by atoms with Gasteiger partial charge in [0.1, 0.15) is 11.6 Å². The van der Waals surface area contributed by atoms with Crippen LogP contribution in [0.4, 0.5) is 11.6 Å². The summed E-state index contributed by atoms with van der Waals surface area (Å²) in [6.07, 6.45) is 1.05. The van der Waals surface area contributed by atoms with Crippen LogP contribution in [0.15, 0.2) is 18.2 Å². The van der Waals surface area contributed by atoms with Crippen LogP contribution >= 0.6 is 0 Å². The van der Waals surface area contributed by atoms with Gasteiger partial charge in [0.25, 0.3) is 0 Å². The van der Waals surface area contributed by atoms with Crippen LogP contribution in [0.25, 0.3) is 0 Å². The van der Waals surface area contributed by atoms with Gasteiger partial charge < -0.3 is 15.5 Å². The van der Waals surface area contributed by atoms with Crippen LogP contribution in [0.2, 0.25) is 0 Å². The number of hydrogen-bond donors (Lipinski definition) is 2. The minimum Gasteiger partial charge on any atom is -0.370 e. The average molecular weight is 250 g/mol. The molecule has 18 heavy (non-hydrogen) atoms. The van der Waals surface area contributed by atoms with Crippen molar-refractivity contribution >= 4 is 17.5 Å². The second-order valence-electron chi connectivity index (χ2n) is 4.10. The molecular weight excluding hydrogens is 228 g/mol. The number of pyridine rings is 1. The summed E-state index contributed by atoms with van der Waals surface area (Å²) < 4.78 is 0. The highest BCUT2D eigenvalue weighted by atomic mass is 16.2. The molecular formula is C13H22N4O. The Morgan fingerprint density at radius 1 is 1.28 bits per heavy atom. The molecule has 1 aromatic rings. The van der Waals surface area contributed by atoms with E-state index in [-0.39, 0.29) is 12.5 Å². The van der Waals surface area contributed by atoms with Crippen molar-refractivity contribution in [2.24, 2.45) is 0 Å². The first-order chi connectivity index (χ1) is 8.67. The van der Waals surface area contributed by atoms with Crippen molar-refractivity contribution < 1.29 is 4.79 Å². The van der Waals surface area contributed by atoms with Gasteiger partial charge in [0, 0.05) is 20.1 Å². The Morgan fingerprint density at radius 2 is 1.94 bits per heavy atom. The molecule has 1 rings (SSSR count). The molecule has 0 spiro atoms. The van der Waals surface area contributed by atoms with Gasteiger partial charge >= 0.3 is 0 Å². The van der Waals surface area contributed by atoms with Gasteiger partial charge in [-0.2, -0.15) is 0 Å². The molecule has 0 unspecified atom stereocenters. The molecule has 1 amide bonds. The van der Waals surface area contributed by atoms with E-state index in [2.05, 4.69) is 22.5 Å². The van der Waals surface area contributed by atoms with Crippen LogP contribution in [0.5, 0.6) is 0 Å². The molecule has 0 aliphatic carbocycles. The summed E-state index contributed by atoms with van der Waals surface area (Å²) in [6.45, 7) is 5.94. The number of anilines is 2. The van der Waals surface area contributed by atoms with Crippen molar-refractivity contribution in [2.75, 3.05) is 37.3 Å². The molecule has 2 N–H and O–H groups in total. The molecule has 0 saturated carbocycles. The number of aromatic nitrogens is 1. The summed E-state index contributed by atoms with van der Waals surface area (Å²) in [5.41, 5.74) is 0. The Morgan fingerprint density at radius 3 is 2.56 bits per heavy atom. The van der Waals surface area contributed by atoms with Gasteiger partial charge in [-0.15, -0.1) is 0 Å². The van der Waals surface area contributed by atoms with Crippen molar-refractivity contribution in [3.05, 3.63) is 18.2 Å². The topological polar surface area (TPSA) is 57.3 Å². The summed E-state index contributed by atoms with van der Waals surface area (Å²) in [4.78, 5) is 17.7. The predicted molar refractivity (Wildman–Crippen MR) is 74.8 cm³/mol. The van der Waals surface area contributed by atoms with Crippen molar-refractivity contribution in [1.29, 1.82) is 0 Å². The van der Waals surface area contributed by atoms with Crippen molar-refractivity contribution in [3.8, 4) is 0 Å². The number of carbonyl (C=O) groups is 1. The summed E-state index contributed by atoms with van der Waals surface area (Å²) >= 11 is 0. The molecule has 1 aromatic heterocycles. The highest BCUT2D eigenvalue weighted by Gasteiger charge is 2.06. The van der Waals surface area contributed by atoms with Crippen molar-refractivity contribution in [2.45, 2.75) is 20.3 Å². The highest BCUT2D eigenvalue weighted by molar-refractivity contribution is 5.80. The number of hydrogen-bond acceptors (Lipinski definition) is 4. The minimum atomic E-state index is 0.0613. The Labute approximate surface area is 109 Å². The third kappa shape index (κ3) is 4.61. The first kappa shape index (κ1) is 14.3. The van der Waals surface area contributed by atoms with E-state index in [1.165, 1.54) is 0 Å². The van der Waals surface area contributed by atoms with E-state index in [0.29, 0.717) is 12.4 Å². The molecule has 0 aliphatic rings. The average Bonchev–Trinajstić information content (AvgIpc) is 2.42. The fourth-order valence-corrected chi connectivity index (χ4v) is 1.36.